The summed E-state index contributed by atoms with van der Waals surface area (Å²) in [7, 11) is 0. The number of carbonyl (C=O) groups excluding carboxylic acids is 1. The van der Waals surface area contributed by atoms with E-state index in [1.807, 2.05) is 0 Å². The SMILES string of the molecule is CCOC(=O)c1cn(Cc2cc(F)c3ncc(Cl)cc3c2)nc1CO. The Bertz CT molecular complexity index is 942. The summed E-state index contributed by atoms with van der Waals surface area (Å²) < 4.78 is 20.6. The van der Waals surface area contributed by atoms with E-state index in [1.54, 1.807) is 19.1 Å². The second kappa shape index (κ2) is 7.16. The van der Waals surface area contributed by atoms with Crippen molar-refractivity contribution in [2.45, 2.75) is 20.1 Å². The lowest BCUT2D eigenvalue weighted by atomic mass is 10.1. The van der Waals surface area contributed by atoms with Crippen LogP contribution in [0.2, 0.25) is 5.02 Å². The van der Waals surface area contributed by atoms with Gasteiger partial charge < -0.3 is 9.84 Å². The second-order valence-electron chi connectivity index (χ2n) is 5.37. The summed E-state index contributed by atoms with van der Waals surface area (Å²) in [6, 6.07) is 4.73. The topological polar surface area (TPSA) is 77.2 Å². The van der Waals surface area contributed by atoms with Crippen molar-refractivity contribution < 1.29 is 19.0 Å². The zero-order valence-corrected chi connectivity index (χ0v) is 14.1. The number of esters is 1. The normalized spacial score (nSPS) is 11.0. The van der Waals surface area contributed by atoms with Crippen LogP contribution in [-0.2, 0) is 17.9 Å². The first kappa shape index (κ1) is 17.3. The Kier molecular flexibility index (Phi) is 4.96. The summed E-state index contributed by atoms with van der Waals surface area (Å²) in [5.74, 6) is -1.03. The molecule has 2 heterocycles. The van der Waals surface area contributed by atoms with Crippen LogP contribution in [-0.4, -0.2) is 32.4 Å². The molecule has 8 heteroatoms. The Hall–Kier alpha value is -2.51. The average molecular weight is 364 g/mol. The Morgan fingerprint density at radius 2 is 2.20 bits per heavy atom. The molecule has 0 unspecified atom stereocenters. The molecule has 3 rings (SSSR count). The smallest absolute Gasteiger partial charge is 0.341 e. The number of hydrogen-bond donors (Lipinski definition) is 1. The van der Waals surface area contributed by atoms with Crippen LogP contribution in [0.15, 0.2) is 30.6 Å². The molecule has 3 aromatic rings. The molecule has 0 atom stereocenters. The third kappa shape index (κ3) is 3.62. The maximum Gasteiger partial charge on any atom is 0.341 e. The highest BCUT2D eigenvalue weighted by molar-refractivity contribution is 6.31. The highest BCUT2D eigenvalue weighted by Gasteiger charge is 2.17. The molecule has 0 bridgehead atoms. The fourth-order valence-corrected chi connectivity index (χ4v) is 2.72. The quantitative estimate of drug-likeness (QED) is 0.705. The molecule has 0 aliphatic heterocycles. The number of pyridine rings is 1. The molecule has 0 radical (unpaired) electrons. The van der Waals surface area contributed by atoms with Gasteiger partial charge in [0.1, 0.15) is 22.6 Å². The largest absolute Gasteiger partial charge is 0.462 e. The van der Waals surface area contributed by atoms with Gasteiger partial charge in [-0.3, -0.25) is 9.67 Å². The van der Waals surface area contributed by atoms with Gasteiger partial charge in [0, 0.05) is 17.8 Å². The monoisotopic (exact) mass is 363 g/mol. The van der Waals surface area contributed by atoms with Crippen molar-refractivity contribution in [3.05, 3.63) is 58.3 Å². The number of aliphatic hydroxyl groups is 1. The molecule has 0 amide bonds. The summed E-state index contributed by atoms with van der Waals surface area (Å²) in [5, 5.41) is 14.5. The van der Waals surface area contributed by atoms with Crippen molar-refractivity contribution in [2.75, 3.05) is 6.61 Å². The number of ether oxygens (including phenoxy) is 1. The van der Waals surface area contributed by atoms with Crippen LogP contribution < -0.4 is 0 Å². The lowest BCUT2D eigenvalue weighted by Crippen LogP contribution is -2.06. The molecule has 6 nitrogen and oxygen atoms in total. The van der Waals surface area contributed by atoms with Crippen LogP contribution in [0.3, 0.4) is 0 Å². The molecule has 25 heavy (non-hydrogen) atoms. The van der Waals surface area contributed by atoms with Crippen molar-refractivity contribution in [3.63, 3.8) is 0 Å². The van der Waals surface area contributed by atoms with Gasteiger partial charge >= 0.3 is 5.97 Å². The minimum atomic E-state index is -0.557. The highest BCUT2D eigenvalue weighted by atomic mass is 35.5. The standard InChI is InChI=1S/C17H15ClFN3O3/c1-2-25-17(24)13-8-22(21-15(13)9-23)7-10-3-11-5-12(18)6-20-16(11)14(19)4-10/h3-6,8,23H,2,7,9H2,1H3. The zero-order valence-electron chi connectivity index (χ0n) is 13.4. The third-order valence-corrected chi connectivity index (χ3v) is 3.80. The molecule has 0 aliphatic rings. The number of carbonyl (C=O) groups is 1. The lowest BCUT2D eigenvalue weighted by molar-refractivity contribution is 0.0522. The maximum absolute atomic E-state index is 14.2. The van der Waals surface area contributed by atoms with Crippen LogP contribution in [0.4, 0.5) is 4.39 Å². The third-order valence-electron chi connectivity index (χ3n) is 3.59. The average Bonchev–Trinajstić information content (AvgIpc) is 2.97. The van der Waals surface area contributed by atoms with Gasteiger partial charge in [-0.1, -0.05) is 11.6 Å². The first-order valence-corrected chi connectivity index (χ1v) is 7.97. The van der Waals surface area contributed by atoms with Crippen molar-refractivity contribution >= 4 is 28.5 Å². The number of rotatable bonds is 5. The van der Waals surface area contributed by atoms with Crippen molar-refractivity contribution in [3.8, 4) is 0 Å². The molecular weight excluding hydrogens is 349 g/mol. The van der Waals surface area contributed by atoms with E-state index in [4.69, 9.17) is 16.3 Å². The molecular formula is C17H15ClFN3O3. The van der Waals surface area contributed by atoms with Gasteiger partial charge in [0.15, 0.2) is 0 Å². The van der Waals surface area contributed by atoms with Crippen LogP contribution in [0.1, 0.15) is 28.5 Å². The van der Waals surface area contributed by atoms with Gasteiger partial charge in [-0.15, -0.1) is 0 Å². The molecule has 0 aliphatic carbocycles. The van der Waals surface area contributed by atoms with Gasteiger partial charge in [0.25, 0.3) is 0 Å². The summed E-state index contributed by atoms with van der Waals surface area (Å²) in [6.45, 7) is 1.73. The van der Waals surface area contributed by atoms with Crippen LogP contribution in [0.5, 0.6) is 0 Å². The number of hydrogen-bond acceptors (Lipinski definition) is 5. The van der Waals surface area contributed by atoms with Crippen molar-refractivity contribution in [2.24, 2.45) is 0 Å². The van der Waals surface area contributed by atoms with Gasteiger partial charge in [0.2, 0.25) is 0 Å². The van der Waals surface area contributed by atoms with E-state index in [0.29, 0.717) is 16.0 Å². The fraction of sp³-hybridized carbons (Fsp3) is 0.235. The van der Waals surface area contributed by atoms with Crippen LogP contribution in [0, 0.1) is 5.82 Å². The molecule has 1 aromatic carbocycles. The summed E-state index contributed by atoms with van der Waals surface area (Å²) in [6.07, 6.45) is 2.86. The number of halogens is 2. The summed E-state index contributed by atoms with van der Waals surface area (Å²) in [5.41, 5.74) is 1.26. The Labute approximate surface area is 147 Å². The van der Waals surface area contributed by atoms with Crippen molar-refractivity contribution in [1.82, 2.24) is 14.8 Å². The summed E-state index contributed by atoms with van der Waals surface area (Å²) in [4.78, 5) is 15.9. The minimum absolute atomic E-state index is 0.190. The predicted octanol–water partition coefficient (Wildman–Crippen LogP) is 2.94. The van der Waals surface area contributed by atoms with E-state index >= 15 is 0 Å². The van der Waals surface area contributed by atoms with Crippen LogP contribution >= 0.6 is 11.6 Å². The second-order valence-corrected chi connectivity index (χ2v) is 5.80. The molecule has 1 N–H and O–H groups in total. The molecule has 0 spiro atoms. The van der Waals surface area contributed by atoms with E-state index < -0.39 is 18.4 Å². The fourth-order valence-electron chi connectivity index (χ4n) is 2.55. The van der Waals surface area contributed by atoms with E-state index in [-0.39, 0.29) is 29.9 Å². The Balaban J connectivity index is 1.94. The summed E-state index contributed by atoms with van der Waals surface area (Å²) >= 11 is 5.91. The molecule has 0 saturated carbocycles. The maximum atomic E-state index is 14.2. The first-order chi connectivity index (χ1) is 12.0. The number of nitrogens with zero attached hydrogens (tertiary/aromatic N) is 3. The van der Waals surface area contributed by atoms with Crippen molar-refractivity contribution in [1.29, 1.82) is 0 Å². The predicted molar refractivity (Wildman–Crippen MR) is 89.9 cm³/mol. The Morgan fingerprint density at radius 1 is 1.40 bits per heavy atom. The van der Waals surface area contributed by atoms with E-state index in [1.165, 1.54) is 23.1 Å². The Morgan fingerprint density at radius 3 is 2.92 bits per heavy atom. The number of aliphatic hydroxyl groups excluding tert-OH is 1. The van der Waals surface area contributed by atoms with Gasteiger partial charge in [-0.05, 0) is 30.7 Å². The molecule has 0 fully saturated rings. The molecule has 130 valence electrons. The van der Waals surface area contributed by atoms with Gasteiger partial charge in [-0.25, -0.2) is 9.18 Å². The van der Waals surface area contributed by atoms with Gasteiger partial charge in [-0.2, -0.15) is 5.10 Å². The zero-order chi connectivity index (χ0) is 18.0. The molecule has 0 saturated heterocycles. The first-order valence-electron chi connectivity index (χ1n) is 7.59. The number of benzene rings is 1. The molecule has 2 aromatic heterocycles. The van der Waals surface area contributed by atoms with Crippen LogP contribution in [0.25, 0.3) is 10.9 Å². The highest BCUT2D eigenvalue weighted by Crippen LogP contribution is 2.22. The van der Waals surface area contributed by atoms with Gasteiger partial charge in [0.05, 0.1) is 24.8 Å². The minimum Gasteiger partial charge on any atom is -0.462 e. The number of fused-ring (bicyclic) bond motifs is 1. The van der Waals surface area contributed by atoms with E-state index in [9.17, 15) is 14.3 Å². The van der Waals surface area contributed by atoms with E-state index in [2.05, 4.69) is 10.1 Å². The lowest BCUT2D eigenvalue weighted by Gasteiger charge is -2.06. The van der Waals surface area contributed by atoms with E-state index in [0.717, 1.165) is 0 Å². The number of aromatic nitrogens is 3.